The number of amides is 1. The van der Waals surface area contributed by atoms with Crippen LogP contribution in [0, 0.1) is 0 Å². The summed E-state index contributed by atoms with van der Waals surface area (Å²) in [6, 6.07) is 13.3. The van der Waals surface area contributed by atoms with Gasteiger partial charge >= 0.3 is 5.97 Å². The minimum Gasteiger partial charge on any atom is -0.480 e. The molecule has 1 amide bonds. The van der Waals surface area contributed by atoms with E-state index in [1.807, 2.05) is 18.2 Å². The van der Waals surface area contributed by atoms with E-state index in [-0.39, 0.29) is 5.91 Å². The number of nitrogens with zero attached hydrogens (tertiary/aromatic N) is 1. The van der Waals surface area contributed by atoms with Crippen LogP contribution < -0.4 is 4.90 Å². The first-order chi connectivity index (χ1) is 10.1. The Balaban J connectivity index is 2.06. The minimum absolute atomic E-state index is 0.288. The zero-order chi connectivity index (χ0) is 15.0. The Labute approximate surface area is 130 Å². The van der Waals surface area contributed by atoms with Crippen molar-refractivity contribution in [1.82, 2.24) is 0 Å². The molecule has 2 aromatic rings. The molecule has 1 unspecified atom stereocenters. The fourth-order valence-corrected chi connectivity index (χ4v) is 3.00. The average Bonchev–Trinajstić information content (AvgIpc) is 2.86. The Hall–Kier alpha value is -2.14. The number of carboxylic acid groups (broad SMARTS) is 1. The lowest BCUT2D eigenvalue weighted by Crippen LogP contribution is -2.42. The van der Waals surface area contributed by atoms with E-state index in [2.05, 4.69) is 15.9 Å². The molecule has 0 bridgehead atoms. The molecule has 1 aliphatic heterocycles. The molecule has 21 heavy (non-hydrogen) atoms. The Morgan fingerprint density at radius 2 is 1.86 bits per heavy atom. The van der Waals surface area contributed by atoms with Crippen molar-refractivity contribution in [2.24, 2.45) is 0 Å². The van der Waals surface area contributed by atoms with Gasteiger partial charge in [0.2, 0.25) is 0 Å². The minimum atomic E-state index is -0.994. The van der Waals surface area contributed by atoms with Crippen molar-refractivity contribution in [2.75, 3.05) is 4.90 Å². The van der Waals surface area contributed by atoms with E-state index in [9.17, 15) is 14.7 Å². The summed E-state index contributed by atoms with van der Waals surface area (Å²) in [6.45, 7) is 0. The van der Waals surface area contributed by atoms with Crippen LogP contribution in [0.15, 0.2) is 53.0 Å². The molecule has 106 valence electrons. The number of carbonyl (C=O) groups excluding carboxylic acids is 1. The topological polar surface area (TPSA) is 57.6 Å². The number of hydrogen-bond acceptors (Lipinski definition) is 2. The van der Waals surface area contributed by atoms with E-state index in [0.717, 1.165) is 10.0 Å². The van der Waals surface area contributed by atoms with Crippen molar-refractivity contribution in [3.8, 4) is 0 Å². The summed E-state index contributed by atoms with van der Waals surface area (Å²) >= 11 is 3.37. The van der Waals surface area contributed by atoms with Crippen molar-refractivity contribution in [3.05, 3.63) is 64.1 Å². The predicted molar refractivity (Wildman–Crippen MR) is 82.5 cm³/mol. The molecule has 3 rings (SSSR count). The molecule has 0 aliphatic carbocycles. The van der Waals surface area contributed by atoms with Crippen LogP contribution >= 0.6 is 15.9 Å². The van der Waals surface area contributed by atoms with Gasteiger partial charge in [-0.15, -0.1) is 0 Å². The third-order valence-electron chi connectivity index (χ3n) is 3.55. The normalized spacial score (nSPS) is 16.6. The predicted octanol–water partition coefficient (Wildman–Crippen LogP) is 3.11. The molecular formula is C16H12BrNO3. The highest BCUT2D eigenvalue weighted by Crippen LogP contribution is 2.35. The van der Waals surface area contributed by atoms with Gasteiger partial charge in [-0.2, -0.15) is 0 Å². The summed E-state index contributed by atoms with van der Waals surface area (Å²) in [5.74, 6) is -1.28. The Bertz CT molecular complexity index is 715. The molecule has 0 saturated carbocycles. The molecule has 1 N–H and O–H groups in total. The highest BCUT2D eigenvalue weighted by atomic mass is 79.9. The third-order valence-corrected chi connectivity index (χ3v) is 4.04. The van der Waals surface area contributed by atoms with Crippen LogP contribution in [0.25, 0.3) is 0 Å². The smallest absolute Gasteiger partial charge is 0.327 e. The average molecular weight is 346 g/mol. The first kappa shape index (κ1) is 13.8. The van der Waals surface area contributed by atoms with Gasteiger partial charge in [-0.25, -0.2) is 4.79 Å². The molecule has 4 nitrogen and oxygen atoms in total. The van der Waals surface area contributed by atoms with Crippen molar-refractivity contribution in [2.45, 2.75) is 12.5 Å². The fourth-order valence-electron chi connectivity index (χ4n) is 2.59. The maximum absolute atomic E-state index is 12.7. The zero-order valence-corrected chi connectivity index (χ0v) is 12.6. The van der Waals surface area contributed by atoms with Gasteiger partial charge in [0.1, 0.15) is 6.04 Å². The van der Waals surface area contributed by atoms with Gasteiger partial charge < -0.3 is 5.11 Å². The van der Waals surface area contributed by atoms with E-state index in [1.54, 1.807) is 30.3 Å². The van der Waals surface area contributed by atoms with Gasteiger partial charge in [-0.05, 0) is 35.9 Å². The molecular weight excluding hydrogens is 334 g/mol. The first-order valence-electron chi connectivity index (χ1n) is 6.48. The number of carbonyl (C=O) groups is 2. The molecule has 1 aliphatic rings. The summed E-state index contributed by atoms with van der Waals surface area (Å²) in [4.78, 5) is 25.5. The van der Waals surface area contributed by atoms with Crippen molar-refractivity contribution < 1.29 is 14.7 Å². The van der Waals surface area contributed by atoms with Gasteiger partial charge in [-0.3, -0.25) is 9.69 Å². The van der Waals surface area contributed by atoms with Crippen molar-refractivity contribution >= 4 is 33.5 Å². The van der Waals surface area contributed by atoms with Crippen LogP contribution in [0.3, 0.4) is 0 Å². The highest BCUT2D eigenvalue weighted by molar-refractivity contribution is 9.10. The summed E-state index contributed by atoms with van der Waals surface area (Å²) in [5.41, 5.74) is 2.01. The molecule has 1 atom stereocenters. The van der Waals surface area contributed by atoms with E-state index >= 15 is 0 Å². The van der Waals surface area contributed by atoms with Crippen LogP contribution in [0.5, 0.6) is 0 Å². The number of hydrogen-bond donors (Lipinski definition) is 1. The highest BCUT2D eigenvalue weighted by Gasteiger charge is 2.38. The van der Waals surface area contributed by atoms with E-state index in [0.29, 0.717) is 17.7 Å². The number of halogens is 1. The summed E-state index contributed by atoms with van der Waals surface area (Å²) in [6.07, 6.45) is 0.322. The zero-order valence-electron chi connectivity index (χ0n) is 11.0. The maximum atomic E-state index is 12.7. The van der Waals surface area contributed by atoms with E-state index < -0.39 is 12.0 Å². The first-order valence-corrected chi connectivity index (χ1v) is 7.27. The van der Waals surface area contributed by atoms with Crippen LogP contribution in [-0.4, -0.2) is 23.0 Å². The number of rotatable bonds is 2. The van der Waals surface area contributed by atoms with Crippen LogP contribution in [0.1, 0.15) is 15.9 Å². The lowest BCUT2D eigenvalue weighted by molar-refractivity contribution is -0.138. The van der Waals surface area contributed by atoms with Crippen molar-refractivity contribution in [1.29, 1.82) is 0 Å². The Morgan fingerprint density at radius 1 is 1.14 bits per heavy atom. The van der Waals surface area contributed by atoms with E-state index in [4.69, 9.17) is 0 Å². The molecule has 0 saturated heterocycles. The summed E-state index contributed by atoms with van der Waals surface area (Å²) < 4.78 is 0.874. The summed E-state index contributed by atoms with van der Waals surface area (Å²) in [7, 11) is 0. The molecule has 0 radical (unpaired) electrons. The molecule has 0 fully saturated rings. The van der Waals surface area contributed by atoms with Crippen LogP contribution in [0.2, 0.25) is 0 Å². The lowest BCUT2D eigenvalue weighted by Gasteiger charge is -2.22. The van der Waals surface area contributed by atoms with Gasteiger partial charge in [0, 0.05) is 22.1 Å². The Morgan fingerprint density at radius 3 is 2.52 bits per heavy atom. The van der Waals surface area contributed by atoms with Gasteiger partial charge in [0.15, 0.2) is 0 Å². The molecule has 5 heteroatoms. The number of anilines is 1. The van der Waals surface area contributed by atoms with Crippen LogP contribution in [-0.2, 0) is 11.2 Å². The largest absolute Gasteiger partial charge is 0.480 e. The quantitative estimate of drug-likeness (QED) is 0.909. The molecule has 1 heterocycles. The lowest BCUT2D eigenvalue weighted by atomic mass is 10.1. The number of aliphatic carboxylic acids is 1. The SMILES string of the molecule is O=C(O)C1Cc2cc(Br)ccc2N1C(=O)c1ccccc1. The second-order valence-electron chi connectivity index (χ2n) is 4.87. The second kappa shape index (κ2) is 5.33. The molecule has 0 aromatic heterocycles. The third kappa shape index (κ3) is 2.45. The van der Waals surface area contributed by atoms with Gasteiger partial charge in [0.25, 0.3) is 5.91 Å². The standard InChI is InChI=1S/C16H12BrNO3/c17-12-6-7-13-11(8-12)9-14(16(20)21)18(13)15(19)10-4-2-1-3-5-10/h1-8,14H,9H2,(H,20,21). The van der Waals surface area contributed by atoms with Crippen LogP contribution in [0.4, 0.5) is 5.69 Å². The number of fused-ring (bicyclic) bond motifs is 1. The summed E-state index contributed by atoms with van der Waals surface area (Å²) in [5, 5.41) is 9.42. The van der Waals surface area contributed by atoms with Gasteiger partial charge in [-0.1, -0.05) is 34.1 Å². The second-order valence-corrected chi connectivity index (χ2v) is 5.79. The molecule has 2 aromatic carbocycles. The number of carboxylic acids is 1. The molecule has 0 spiro atoms. The maximum Gasteiger partial charge on any atom is 0.327 e. The van der Waals surface area contributed by atoms with Gasteiger partial charge in [0.05, 0.1) is 0 Å². The number of benzene rings is 2. The van der Waals surface area contributed by atoms with E-state index in [1.165, 1.54) is 4.90 Å². The fraction of sp³-hybridized carbons (Fsp3) is 0.125. The Kier molecular flexibility index (Phi) is 3.51. The van der Waals surface area contributed by atoms with Crippen molar-refractivity contribution in [3.63, 3.8) is 0 Å². The monoisotopic (exact) mass is 345 g/mol.